The standard InChI is InChI=1S/C13H17Cl2N3O/c1-2-5-19-6-3-4-18-12(7-14)17-11-9-16-8-10(15)13(11)18/h8-9H,2-7H2,1H3. The van der Waals surface area contributed by atoms with Gasteiger partial charge in [-0.1, -0.05) is 18.5 Å². The highest BCUT2D eigenvalue weighted by atomic mass is 35.5. The summed E-state index contributed by atoms with van der Waals surface area (Å²) in [6.07, 6.45) is 5.29. The first kappa shape index (κ1) is 14.6. The Morgan fingerprint density at radius 2 is 2.16 bits per heavy atom. The van der Waals surface area contributed by atoms with E-state index in [1.54, 1.807) is 12.4 Å². The second-order valence-corrected chi connectivity index (χ2v) is 4.94. The molecule has 0 spiro atoms. The molecule has 0 unspecified atom stereocenters. The number of ether oxygens (including phenoxy) is 1. The lowest BCUT2D eigenvalue weighted by Gasteiger charge is -2.08. The molecule has 0 aliphatic heterocycles. The third-order valence-corrected chi connectivity index (χ3v) is 3.34. The van der Waals surface area contributed by atoms with Gasteiger partial charge in [-0.3, -0.25) is 4.98 Å². The average Bonchev–Trinajstić information content (AvgIpc) is 2.78. The maximum Gasteiger partial charge on any atom is 0.124 e. The highest BCUT2D eigenvalue weighted by Crippen LogP contribution is 2.24. The fraction of sp³-hybridized carbons (Fsp3) is 0.538. The molecule has 0 radical (unpaired) electrons. The van der Waals surface area contributed by atoms with Crippen LogP contribution >= 0.6 is 23.2 Å². The van der Waals surface area contributed by atoms with Crippen molar-refractivity contribution in [1.82, 2.24) is 14.5 Å². The second kappa shape index (κ2) is 7.08. The predicted molar refractivity (Wildman–Crippen MR) is 77.8 cm³/mol. The zero-order valence-electron chi connectivity index (χ0n) is 10.9. The minimum atomic E-state index is 0.362. The summed E-state index contributed by atoms with van der Waals surface area (Å²) >= 11 is 12.1. The van der Waals surface area contributed by atoms with Crippen molar-refractivity contribution in [2.75, 3.05) is 13.2 Å². The normalized spacial score (nSPS) is 11.3. The monoisotopic (exact) mass is 301 g/mol. The van der Waals surface area contributed by atoms with Crippen LogP contribution in [-0.4, -0.2) is 27.7 Å². The smallest absolute Gasteiger partial charge is 0.124 e. The number of hydrogen-bond acceptors (Lipinski definition) is 3. The first-order chi connectivity index (χ1) is 9.27. The fourth-order valence-corrected chi connectivity index (χ4v) is 2.47. The first-order valence-electron chi connectivity index (χ1n) is 6.40. The van der Waals surface area contributed by atoms with Crippen LogP contribution in [0.25, 0.3) is 11.0 Å². The number of fused-ring (bicyclic) bond motifs is 1. The van der Waals surface area contributed by atoms with Crippen molar-refractivity contribution in [2.24, 2.45) is 0 Å². The van der Waals surface area contributed by atoms with Gasteiger partial charge in [0, 0.05) is 26.0 Å². The molecule has 0 atom stereocenters. The molecule has 0 bridgehead atoms. The van der Waals surface area contributed by atoms with Crippen LogP contribution in [0.15, 0.2) is 12.4 Å². The van der Waals surface area contributed by atoms with Crippen molar-refractivity contribution in [3.05, 3.63) is 23.2 Å². The number of alkyl halides is 1. The summed E-state index contributed by atoms with van der Waals surface area (Å²) in [5, 5.41) is 0.607. The van der Waals surface area contributed by atoms with Crippen LogP contribution in [0.2, 0.25) is 5.02 Å². The zero-order valence-corrected chi connectivity index (χ0v) is 12.4. The quantitative estimate of drug-likeness (QED) is 0.579. The topological polar surface area (TPSA) is 39.9 Å². The number of hydrogen-bond donors (Lipinski definition) is 0. The predicted octanol–water partition coefficient (Wildman–Crippen LogP) is 3.64. The number of imidazole rings is 1. The molecule has 0 aliphatic rings. The molecule has 2 heterocycles. The summed E-state index contributed by atoms with van der Waals surface area (Å²) in [6.45, 7) is 4.43. The maximum absolute atomic E-state index is 6.20. The number of nitrogens with zero attached hydrogens (tertiary/aromatic N) is 3. The third-order valence-electron chi connectivity index (χ3n) is 2.82. The van der Waals surface area contributed by atoms with Crippen molar-refractivity contribution in [3.8, 4) is 0 Å². The van der Waals surface area contributed by atoms with E-state index in [0.29, 0.717) is 10.9 Å². The number of pyridine rings is 1. The van der Waals surface area contributed by atoms with E-state index in [4.69, 9.17) is 27.9 Å². The molecule has 0 fully saturated rings. The van der Waals surface area contributed by atoms with Crippen LogP contribution in [-0.2, 0) is 17.2 Å². The van der Waals surface area contributed by atoms with Gasteiger partial charge in [0.2, 0.25) is 0 Å². The van der Waals surface area contributed by atoms with E-state index >= 15 is 0 Å². The minimum Gasteiger partial charge on any atom is -0.381 e. The maximum atomic E-state index is 6.20. The molecule has 0 saturated heterocycles. The Labute approximate surface area is 122 Å². The first-order valence-corrected chi connectivity index (χ1v) is 7.31. The highest BCUT2D eigenvalue weighted by molar-refractivity contribution is 6.34. The molecular formula is C13H17Cl2N3O. The van der Waals surface area contributed by atoms with Crippen molar-refractivity contribution >= 4 is 34.2 Å². The Morgan fingerprint density at radius 3 is 2.89 bits per heavy atom. The van der Waals surface area contributed by atoms with Gasteiger partial charge in [-0.2, -0.15) is 0 Å². The molecule has 2 rings (SSSR count). The van der Waals surface area contributed by atoms with Gasteiger partial charge in [0.05, 0.1) is 22.6 Å². The molecule has 0 saturated carbocycles. The second-order valence-electron chi connectivity index (χ2n) is 4.27. The molecule has 0 aliphatic carbocycles. The molecule has 0 amide bonds. The van der Waals surface area contributed by atoms with Gasteiger partial charge in [-0.25, -0.2) is 4.98 Å². The zero-order chi connectivity index (χ0) is 13.7. The average molecular weight is 302 g/mol. The Hall–Kier alpha value is -0.840. The van der Waals surface area contributed by atoms with Gasteiger partial charge in [0.1, 0.15) is 11.3 Å². The van der Waals surface area contributed by atoms with Gasteiger partial charge in [0.15, 0.2) is 0 Å². The minimum absolute atomic E-state index is 0.362. The third kappa shape index (κ3) is 3.38. The van der Waals surface area contributed by atoms with Crippen LogP contribution in [0.5, 0.6) is 0 Å². The van der Waals surface area contributed by atoms with Crippen LogP contribution in [0.4, 0.5) is 0 Å². The van der Waals surface area contributed by atoms with Crippen LogP contribution in [0.3, 0.4) is 0 Å². The molecule has 0 aromatic carbocycles. The molecular weight excluding hydrogens is 285 g/mol. The largest absolute Gasteiger partial charge is 0.381 e. The number of halogens is 2. The van der Waals surface area contributed by atoms with E-state index in [-0.39, 0.29) is 0 Å². The van der Waals surface area contributed by atoms with Gasteiger partial charge in [-0.15, -0.1) is 11.6 Å². The Morgan fingerprint density at radius 1 is 1.32 bits per heavy atom. The lowest BCUT2D eigenvalue weighted by atomic mass is 10.3. The summed E-state index contributed by atoms with van der Waals surface area (Å²) < 4.78 is 7.54. The Balaban J connectivity index is 2.15. The van der Waals surface area contributed by atoms with Crippen molar-refractivity contribution in [3.63, 3.8) is 0 Å². The van der Waals surface area contributed by atoms with E-state index in [0.717, 1.165) is 49.5 Å². The lowest BCUT2D eigenvalue weighted by molar-refractivity contribution is 0.129. The summed E-state index contributed by atoms with van der Waals surface area (Å²) in [6, 6.07) is 0. The highest BCUT2D eigenvalue weighted by Gasteiger charge is 2.12. The fourth-order valence-electron chi connectivity index (χ4n) is 2.01. The molecule has 2 aromatic heterocycles. The molecule has 2 aromatic rings. The van der Waals surface area contributed by atoms with E-state index in [1.165, 1.54) is 0 Å². The molecule has 6 heteroatoms. The Bertz CT molecular complexity index is 542. The van der Waals surface area contributed by atoms with E-state index < -0.39 is 0 Å². The van der Waals surface area contributed by atoms with Gasteiger partial charge < -0.3 is 9.30 Å². The number of aromatic nitrogens is 3. The summed E-state index contributed by atoms with van der Waals surface area (Å²) in [5.74, 6) is 1.18. The summed E-state index contributed by atoms with van der Waals surface area (Å²) in [4.78, 5) is 8.50. The molecule has 0 N–H and O–H groups in total. The van der Waals surface area contributed by atoms with Gasteiger partial charge in [-0.05, 0) is 12.8 Å². The van der Waals surface area contributed by atoms with E-state index in [2.05, 4.69) is 21.5 Å². The molecule has 104 valence electrons. The van der Waals surface area contributed by atoms with Crippen LogP contribution in [0, 0.1) is 0 Å². The SMILES string of the molecule is CCCOCCCn1c(CCl)nc2cncc(Cl)c21. The van der Waals surface area contributed by atoms with Crippen molar-refractivity contribution < 1.29 is 4.74 Å². The van der Waals surface area contributed by atoms with Crippen molar-refractivity contribution in [1.29, 1.82) is 0 Å². The summed E-state index contributed by atoms with van der Waals surface area (Å²) in [7, 11) is 0. The van der Waals surface area contributed by atoms with Crippen molar-refractivity contribution in [2.45, 2.75) is 32.2 Å². The van der Waals surface area contributed by atoms with E-state index in [9.17, 15) is 0 Å². The molecule has 4 nitrogen and oxygen atoms in total. The van der Waals surface area contributed by atoms with Crippen LogP contribution in [0.1, 0.15) is 25.6 Å². The molecule has 19 heavy (non-hydrogen) atoms. The van der Waals surface area contributed by atoms with E-state index in [1.807, 2.05) is 0 Å². The Kier molecular flexibility index (Phi) is 5.43. The van der Waals surface area contributed by atoms with Gasteiger partial charge in [0.25, 0.3) is 0 Å². The number of rotatable bonds is 7. The van der Waals surface area contributed by atoms with Gasteiger partial charge >= 0.3 is 0 Å². The lowest BCUT2D eigenvalue weighted by Crippen LogP contribution is -2.06. The van der Waals surface area contributed by atoms with Crippen LogP contribution < -0.4 is 0 Å². The number of aryl methyl sites for hydroxylation is 1. The summed E-state index contributed by atoms with van der Waals surface area (Å²) in [5.41, 5.74) is 1.69.